The maximum absolute atomic E-state index is 13.3. The first-order valence-corrected chi connectivity index (χ1v) is 11.5. The number of hydrogen-bond donors (Lipinski definition) is 0. The van der Waals surface area contributed by atoms with Crippen LogP contribution < -0.4 is 4.31 Å². The first-order chi connectivity index (χ1) is 15.7. The Bertz CT molecular complexity index is 1360. The Labute approximate surface area is 189 Å². The van der Waals surface area contributed by atoms with Gasteiger partial charge in [-0.1, -0.05) is 24.3 Å². The van der Waals surface area contributed by atoms with Gasteiger partial charge in [0.1, 0.15) is 0 Å². The van der Waals surface area contributed by atoms with E-state index in [1.807, 2.05) is 12.1 Å². The summed E-state index contributed by atoms with van der Waals surface area (Å²) in [6.07, 6.45) is 0.573. The quantitative estimate of drug-likeness (QED) is 0.399. The first-order valence-electron chi connectivity index (χ1n) is 10.1. The monoisotopic (exact) mass is 471 g/mol. The van der Waals surface area contributed by atoms with Gasteiger partial charge in [-0.05, 0) is 61.4 Å². The van der Waals surface area contributed by atoms with E-state index in [0.29, 0.717) is 18.2 Å². The normalized spacial score (nSPS) is 15.2. The minimum absolute atomic E-state index is 0.0608. The van der Waals surface area contributed by atoms with Crippen molar-refractivity contribution in [2.45, 2.75) is 24.3 Å². The second kappa shape index (κ2) is 8.74. The summed E-state index contributed by atoms with van der Waals surface area (Å²) in [5, 5.41) is 0. The molecule has 1 atom stereocenters. The predicted octanol–water partition coefficient (Wildman–Crippen LogP) is 4.14. The van der Waals surface area contributed by atoms with Crippen molar-refractivity contribution in [3.05, 3.63) is 95.1 Å². The number of sulfonamides is 1. The summed E-state index contributed by atoms with van der Waals surface area (Å²) in [4.78, 5) is 24.5. The van der Waals surface area contributed by atoms with E-state index in [9.17, 15) is 26.8 Å². The molecule has 33 heavy (non-hydrogen) atoms. The molecule has 3 aromatic rings. The Hall–Kier alpha value is -3.59. The number of rotatable bonds is 6. The van der Waals surface area contributed by atoms with Gasteiger partial charge < -0.3 is 4.74 Å². The number of anilines is 1. The third-order valence-electron chi connectivity index (χ3n) is 5.35. The number of esters is 1. The van der Waals surface area contributed by atoms with Crippen molar-refractivity contribution >= 4 is 27.5 Å². The van der Waals surface area contributed by atoms with Crippen LogP contribution in [0, 0.1) is 11.6 Å². The molecule has 0 fully saturated rings. The summed E-state index contributed by atoms with van der Waals surface area (Å²) in [5.74, 6) is -3.94. The third kappa shape index (κ3) is 4.36. The van der Waals surface area contributed by atoms with Crippen molar-refractivity contribution in [1.29, 1.82) is 0 Å². The lowest BCUT2D eigenvalue weighted by atomic mass is 10.1. The molecule has 6 nitrogen and oxygen atoms in total. The number of para-hydroxylation sites is 1. The number of ketones is 1. The Kier molecular flexibility index (Phi) is 5.99. The Morgan fingerprint density at radius 3 is 2.48 bits per heavy atom. The van der Waals surface area contributed by atoms with Crippen LogP contribution >= 0.6 is 0 Å². The molecule has 0 bridgehead atoms. The van der Waals surface area contributed by atoms with Crippen LogP contribution in [-0.4, -0.2) is 32.8 Å². The number of halogens is 2. The van der Waals surface area contributed by atoms with E-state index in [1.165, 1.54) is 28.6 Å². The van der Waals surface area contributed by atoms with Crippen molar-refractivity contribution in [3.8, 4) is 0 Å². The third-order valence-corrected chi connectivity index (χ3v) is 7.27. The van der Waals surface area contributed by atoms with Crippen LogP contribution in [0.4, 0.5) is 14.5 Å². The fourth-order valence-corrected chi connectivity index (χ4v) is 5.51. The highest BCUT2D eigenvalue weighted by Crippen LogP contribution is 2.36. The van der Waals surface area contributed by atoms with E-state index >= 15 is 0 Å². The van der Waals surface area contributed by atoms with Crippen LogP contribution in [0.1, 0.15) is 33.2 Å². The maximum Gasteiger partial charge on any atom is 0.338 e. The SMILES string of the molecule is CC1Cc2ccccc2N1S(=O)(=O)c1cccc(C(=O)OCC(=O)c2ccc(F)c(F)c2)c1. The van der Waals surface area contributed by atoms with Gasteiger partial charge in [0.25, 0.3) is 10.0 Å². The molecule has 0 radical (unpaired) electrons. The lowest BCUT2D eigenvalue weighted by Gasteiger charge is -2.24. The van der Waals surface area contributed by atoms with E-state index in [-0.39, 0.29) is 22.1 Å². The molecule has 9 heteroatoms. The summed E-state index contributed by atoms with van der Waals surface area (Å²) >= 11 is 0. The summed E-state index contributed by atoms with van der Waals surface area (Å²) in [6, 6.07) is 14.9. The highest BCUT2D eigenvalue weighted by molar-refractivity contribution is 7.92. The molecule has 1 aliphatic rings. The molecule has 1 heterocycles. The van der Waals surface area contributed by atoms with E-state index in [2.05, 4.69) is 0 Å². The molecule has 1 aliphatic heterocycles. The second-order valence-electron chi connectivity index (χ2n) is 7.64. The van der Waals surface area contributed by atoms with E-state index in [4.69, 9.17) is 4.74 Å². The van der Waals surface area contributed by atoms with Crippen molar-refractivity contribution in [3.63, 3.8) is 0 Å². The highest BCUT2D eigenvalue weighted by Gasteiger charge is 2.36. The second-order valence-corrected chi connectivity index (χ2v) is 9.45. The average Bonchev–Trinajstić information content (AvgIpc) is 3.15. The predicted molar refractivity (Wildman–Crippen MR) is 117 cm³/mol. The van der Waals surface area contributed by atoms with Gasteiger partial charge in [0, 0.05) is 11.6 Å². The van der Waals surface area contributed by atoms with Gasteiger partial charge in [0.2, 0.25) is 0 Å². The molecule has 0 saturated heterocycles. The van der Waals surface area contributed by atoms with Gasteiger partial charge in [-0.25, -0.2) is 22.0 Å². The van der Waals surface area contributed by atoms with E-state index < -0.39 is 40.0 Å². The van der Waals surface area contributed by atoms with Crippen molar-refractivity contribution in [2.24, 2.45) is 0 Å². The van der Waals surface area contributed by atoms with Crippen LogP contribution in [0.25, 0.3) is 0 Å². The molecule has 0 spiro atoms. The number of fused-ring (bicyclic) bond motifs is 1. The van der Waals surface area contributed by atoms with E-state index in [1.54, 1.807) is 19.1 Å². The summed E-state index contributed by atoms with van der Waals surface area (Å²) < 4.78 is 59.3. The van der Waals surface area contributed by atoms with Crippen LogP contribution in [0.5, 0.6) is 0 Å². The van der Waals surface area contributed by atoms with Crippen LogP contribution in [0.15, 0.2) is 71.6 Å². The molecule has 0 N–H and O–H groups in total. The van der Waals surface area contributed by atoms with Crippen LogP contribution in [0.3, 0.4) is 0 Å². The molecule has 170 valence electrons. The number of ether oxygens (including phenoxy) is 1. The van der Waals surface area contributed by atoms with Gasteiger partial charge >= 0.3 is 5.97 Å². The van der Waals surface area contributed by atoms with Gasteiger partial charge in [-0.2, -0.15) is 0 Å². The zero-order chi connectivity index (χ0) is 23.8. The van der Waals surface area contributed by atoms with Crippen LogP contribution in [0.2, 0.25) is 0 Å². The molecule has 1 unspecified atom stereocenters. The van der Waals surface area contributed by atoms with Crippen molar-refractivity contribution < 1.29 is 31.5 Å². The average molecular weight is 471 g/mol. The molecular formula is C24H19F2NO5S. The van der Waals surface area contributed by atoms with Crippen LogP contribution in [-0.2, 0) is 21.2 Å². The highest BCUT2D eigenvalue weighted by atomic mass is 32.2. The first kappa shape index (κ1) is 22.6. The largest absolute Gasteiger partial charge is 0.454 e. The van der Waals surface area contributed by atoms with Gasteiger partial charge in [0.05, 0.1) is 16.1 Å². The molecule has 0 amide bonds. The molecule has 3 aromatic carbocycles. The lowest BCUT2D eigenvalue weighted by Crippen LogP contribution is -2.35. The van der Waals surface area contributed by atoms with Gasteiger partial charge in [-0.15, -0.1) is 0 Å². The molecule has 4 rings (SSSR count). The van der Waals surface area contributed by atoms with Gasteiger partial charge in [0.15, 0.2) is 24.0 Å². The Morgan fingerprint density at radius 2 is 1.73 bits per heavy atom. The molecule has 0 saturated carbocycles. The zero-order valence-electron chi connectivity index (χ0n) is 17.5. The topological polar surface area (TPSA) is 80.8 Å². The molecular weight excluding hydrogens is 452 g/mol. The Balaban J connectivity index is 1.52. The van der Waals surface area contributed by atoms with E-state index in [0.717, 1.165) is 17.7 Å². The minimum atomic E-state index is -3.96. The number of nitrogens with zero attached hydrogens (tertiary/aromatic N) is 1. The standard InChI is InChI=1S/C24H19F2NO5S/c1-15-11-16-5-2-3-8-22(16)27(15)33(30,31)19-7-4-6-18(12-19)24(29)32-14-23(28)17-9-10-20(25)21(26)13-17/h2-10,12-13,15H,11,14H2,1H3. The minimum Gasteiger partial charge on any atom is -0.454 e. The molecule has 0 aliphatic carbocycles. The summed E-state index contributed by atoms with van der Waals surface area (Å²) in [6.45, 7) is 1.09. The number of benzene rings is 3. The number of carbonyl (C=O) groups is 2. The number of hydrogen-bond acceptors (Lipinski definition) is 5. The van der Waals surface area contributed by atoms with Crippen molar-refractivity contribution in [2.75, 3.05) is 10.9 Å². The number of carbonyl (C=O) groups excluding carboxylic acids is 2. The Morgan fingerprint density at radius 1 is 0.970 bits per heavy atom. The molecule has 0 aromatic heterocycles. The summed E-state index contributed by atoms with van der Waals surface area (Å²) in [7, 11) is -3.96. The number of Topliss-reactive ketones (excluding diaryl/α,β-unsaturated/α-hetero) is 1. The van der Waals surface area contributed by atoms with Gasteiger partial charge in [-0.3, -0.25) is 9.10 Å². The fourth-order valence-electron chi connectivity index (χ4n) is 3.77. The summed E-state index contributed by atoms with van der Waals surface area (Å²) in [5.41, 5.74) is 1.30. The lowest BCUT2D eigenvalue weighted by molar-refractivity contribution is 0.0474. The smallest absolute Gasteiger partial charge is 0.338 e. The fraction of sp³-hybridized carbons (Fsp3) is 0.167. The maximum atomic E-state index is 13.3. The van der Waals surface area contributed by atoms with Crippen molar-refractivity contribution in [1.82, 2.24) is 0 Å². The zero-order valence-corrected chi connectivity index (χ0v) is 18.3.